The fourth-order valence-electron chi connectivity index (χ4n) is 2.15. The molecule has 20 heavy (non-hydrogen) atoms. The molecule has 108 valence electrons. The van der Waals surface area contributed by atoms with Crippen LogP contribution >= 0.6 is 0 Å². The topological polar surface area (TPSA) is 75.6 Å². The van der Waals surface area contributed by atoms with Crippen LogP contribution in [0, 0.1) is 0 Å². The summed E-state index contributed by atoms with van der Waals surface area (Å²) >= 11 is 0. The van der Waals surface area contributed by atoms with E-state index in [2.05, 4.69) is 20.4 Å². The molecule has 1 atom stereocenters. The molecular weight excluding hydrogens is 254 g/mol. The number of carbonyl (C=O) groups excluding carboxylic acids is 1. The minimum absolute atomic E-state index is 0.109. The van der Waals surface area contributed by atoms with Gasteiger partial charge in [0.2, 0.25) is 0 Å². The third-order valence-electron chi connectivity index (χ3n) is 3.34. The molecule has 2 heterocycles. The van der Waals surface area contributed by atoms with Gasteiger partial charge in [0, 0.05) is 12.2 Å². The van der Waals surface area contributed by atoms with Crippen LogP contribution in [0.2, 0.25) is 0 Å². The number of nitrogens with zero attached hydrogens (tertiary/aromatic N) is 3. The summed E-state index contributed by atoms with van der Waals surface area (Å²) in [5.74, 6) is 0.688. The number of nitrogens with one attached hydrogen (secondary N) is 2. The molecule has 0 aromatic carbocycles. The van der Waals surface area contributed by atoms with Crippen LogP contribution in [0.5, 0.6) is 0 Å². The van der Waals surface area contributed by atoms with Gasteiger partial charge in [-0.25, -0.2) is 9.67 Å². The van der Waals surface area contributed by atoms with E-state index in [1.54, 1.807) is 4.68 Å². The number of aryl methyl sites for hydroxylation is 2. The van der Waals surface area contributed by atoms with Crippen molar-refractivity contribution in [3.63, 3.8) is 0 Å². The maximum Gasteiger partial charge on any atom is 0.268 e. The molecule has 1 amide bonds. The molecule has 2 N–H and O–H groups in total. The van der Waals surface area contributed by atoms with Crippen LogP contribution in [0.3, 0.4) is 0 Å². The van der Waals surface area contributed by atoms with Crippen molar-refractivity contribution in [1.29, 1.82) is 0 Å². The van der Waals surface area contributed by atoms with Crippen molar-refractivity contribution in [2.75, 3.05) is 0 Å². The standard InChI is InChI=1S/C14H21N5O/c1-4-10-7-8-12(17-10)14(20)18-11(5-2)13-15-9-16-19(13)6-3/h7-9,11,17H,4-6H2,1-3H3,(H,18,20)/t11-/m0/s1. The molecule has 2 aromatic rings. The summed E-state index contributed by atoms with van der Waals surface area (Å²) in [5, 5.41) is 7.15. The van der Waals surface area contributed by atoms with Crippen LogP contribution in [0.1, 0.15) is 55.2 Å². The lowest BCUT2D eigenvalue weighted by Crippen LogP contribution is -2.30. The first kappa shape index (κ1) is 14.3. The maximum absolute atomic E-state index is 12.2. The van der Waals surface area contributed by atoms with E-state index in [1.807, 2.05) is 32.9 Å². The summed E-state index contributed by atoms with van der Waals surface area (Å²) < 4.78 is 1.81. The number of carbonyl (C=O) groups is 1. The van der Waals surface area contributed by atoms with Gasteiger partial charge in [0.25, 0.3) is 5.91 Å². The summed E-state index contributed by atoms with van der Waals surface area (Å²) in [6.07, 6.45) is 3.18. The van der Waals surface area contributed by atoms with Crippen molar-refractivity contribution >= 4 is 5.91 Å². The summed E-state index contributed by atoms with van der Waals surface area (Å²) in [7, 11) is 0. The van der Waals surface area contributed by atoms with Gasteiger partial charge in [-0.05, 0) is 31.9 Å². The number of hydrogen-bond donors (Lipinski definition) is 2. The largest absolute Gasteiger partial charge is 0.354 e. The number of aromatic amines is 1. The van der Waals surface area contributed by atoms with Gasteiger partial charge in [0.1, 0.15) is 17.8 Å². The number of aromatic nitrogens is 4. The number of H-pyrrole nitrogens is 1. The summed E-state index contributed by atoms with van der Waals surface area (Å²) in [4.78, 5) is 19.6. The van der Waals surface area contributed by atoms with E-state index < -0.39 is 0 Å². The van der Waals surface area contributed by atoms with Crippen molar-refractivity contribution in [3.8, 4) is 0 Å². The predicted octanol–water partition coefficient (Wildman–Crippen LogP) is 2.07. The predicted molar refractivity (Wildman–Crippen MR) is 76.4 cm³/mol. The molecule has 0 aliphatic heterocycles. The minimum Gasteiger partial charge on any atom is -0.354 e. The van der Waals surface area contributed by atoms with Crippen LogP contribution in [0.15, 0.2) is 18.5 Å². The summed E-state index contributed by atoms with van der Waals surface area (Å²) in [6.45, 7) is 6.81. The second-order valence-corrected chi connectivity index (χ2v) is 4.62. The number of amides is 1. The molecule has 0 bridgehead atoms. The van der Waals surface area contributed by atoms with E-state index in [9.17, 15) is 4.79 Å². The minimum atomic E-state index is -0.127. The number of rotatable bonds is 6. The maximum atomic E-state index is 12.2. The van der Waals surface area contributed by atoms with Crippen LogP contribution in [-0.4, -0.2) is 25.7 Å². The monoisotopic (exact) mass is 275 g/mol. The van der Waals surface area contributed by atoms with E-state index >= 15 is 0 Å². The molecule has 0 spiro atoms. The SMILES string of the molecule is CCc1ccc(C(=O)N[C@@H](CC)c2ncnn2CC)[nH]1. The zero-order chi connectivity index (χ0) is 14.5. The van der Waals surface area contributed by atoms with Crippen LogP contribution in [-0.2, 0) is 13.0 Å². The van der Waals surface area contributed by atoms with Crippen LogP contribution < -0.4 is 5.32 Å². The molecule has 2 aromatic heterocycles. The van der Waals surface area contributed by atoms with Gasteiger partial charge in [-0.2, -0.15) is 5.10 Å². The highest BCUT2D eigenvalue weighted by atomic mass is 16.2. The van der Waals surface area contributed by atoms with Crippen molar-refractivity contribution in [2.24, 2.45) is 0 Å². The highest BCUT2D eigenvalue weighted by molar-refractivity contribution is 5.92. The molecule has 0 radical (unpaired) electrons. The Balaban J connectivity index is 2.12. The molecule has 2 rings (SSSR count). The van der Waals surface area contributed by atoms with E-state index in [-0.39, 0.29) is 11.9 Å². The molecule has 6 heteroatoms. The molecule has 0 saturated carbocycles. The second-order valence-electron chi connectivity index (χ2n) is 4.62. The highest BCUT2D eigenvalue weighted by Crippen LogP contribution is 2.14. The summed E-state index contributed by atoms with van der Waals surface area (Å²) in [5.41, 5.74) is 1.64. The van der Waals surface area contributed by atoms with E-state index in [4.69, 9.17) is 0 Å². The van der Waals surface area contributed by atoms with Gasteiger partial charge in [0.15, 0.2) is 0 Å². The van der Waals surface area contributed by atoms with E-state index in [0.29, 0.717) is 5.69 Å². The van der Waals surface area contributed by atoms with Gasteiger partial charge >= 0.3 is 0 Å². The van der Waals surface area contributed by atoms with Crippen molar-refractivity contribution in [3.05, 3.63) is 35.7 Å². The Morgan fingerprint density at radius 3 is 2.80 bits per heavy atom. The molecule has 0 saturated heterocycles. The molecule has 0 unspecified atom stereocenters. The van der Waals surface area contributed by atoms with Gasteiger partial charge in [-0.15, -0.1) is 0 Å². The average molecular weight is 275 g/mol. The molecule has 0 fully saturated rings. The third-order valence-corrected chi connectivity index (χ3v) is 3.34. The Labute approximate surface area is 118 Å². The zero-order valence-electron chi connectivity index (χ0n) is 12.2. The molecule has 0 aliphatic carbocycles. The first-order valence-corrected chi connectivity index (χ1v) is 7.06. The highest BCUT2D eigenvalue weighted by Gasteiger charge is 2.19. The van der Waals surface area contributed by atoms with Crippen molar-refractivity contribution in [1.82, 2.24) is 25.1 Å². The molecular formula is C14H21N5O. The van der Waals surface area contributed by atoms with Crippen molar-refractivity contribution < 1.29 is 4.79 Å². The van der Waals surface area contributed by atoms with Crippen LogP contribution in [0.4, 0.5) is 0 Å². The average Bonchev–Trinajstić information content (AvgIpc) is 3.12. The smallest absolute Gasteiger partial charge is 0.268 e. The van der Waals surface area contributed by atoms with E-state index in [0.717, 1.165) is 30.9 Å². The zero-order valence-corrected chi connectivity index (χ0v) is 12.2. The van der Waals surface area contributed by atoms with Crippen LogP contribution in [0.25, 0.3) is 0 Å². The quantitative estimate of drug-likeness (QED) is 0.847. The normalized spacial score (nSPS) is 12.3. The third kappa shape index (κ3) is 2.89. The Hall–Kier alpha value is -2.11. The first-order valence-electron chi connectivity index (χ1n) is 7.06. The van der Waals surface area contributed by atoms with E-state index in [1.165, 1.54) is 6.33 Å². The Morgan fingerprint density at radius 2 is 2.20 bits per heavy atom. The molecule has 6 nitrogen and oxygen atoms in total. The molecule has 0 aliphatic rings. The second kappa shape index (κ2) is 6.36. The first-order chi connectivity index (χ1) is 9.69. The Kier molecular flexibility index (Phi) is 4.55. The fraction of sp³-hybridized carbons (Fsp3) is 0.500. The lowest BCUT2D eigenvalue weighted by Gasteiger charge is -2.16. The Morgan fingerprint density at radius 1 is 1.40 bits per heavy atom. The van der Waals surface area contributed by atoms with Gasteiger partial charge in [-0.1, -0.05) is 13.8 Å². The van der Waals surface area contributed by atoms with Gasteiger partial charge in [-0.3, -0.25) is 4.79 Å². The van der Waals surface area contributed by atoms with Gasteiger partial charge < -0.3 is 10.3 Å². The fourth-order valence-corrected chi connectivity index (χ4v) is 2.15. The van der Waals surface area contributed by atoms with Gasteiger partial charge in [0.05, 0.1) is 6.04 Å². The van der Waals surface area contributed by atoms with Crippen molar-refractivity contribution in [2.45, 2.75) is 46.2 Å². The summed E-state index contributed by atoms with van der Waals surface area (Å²) in [6, 6.07) is 3.62. The Bertz CT molecular complexity index is 572. The number of hydrogen-bond acceptors (Lipinski definition) is 3. The lowest BCUT2D eigenvalue weighted by atomic mass is 10.2. The lowest BCUT2D eigenvalue weighted by molar-refractivity contribution is 0.0928.